The second kappa shape index (κ2) is 10.8. The molecule has 2 saturated heterocycles. The fourth-order valence-corrected chi connectivity index (χ4v) is 5.75. The lowest BCUT2D eigenvalue weighted by Crippen LogP contribution is -2.45. The number of rotatable bonds is 5. The van der Waals surface area contributed by atoms with Crippen molar-refractivity contribution in [3.63, 3.8) is 0 Å². The van der Waals surface area contributed by atoms with Gasteiger partial charge in [0.1, 0.15) is 11.3 Å². The maximum Gasteiger partial charge on any atom is 0.229 e. The Hall–Kier alpha value is -3.37. The van der Waals surface area contributed by atoms with Crippen LogP contribution in [-0.2, 0) is 17.8 Å². The number of anilines is 3. The van der Waals surface area contributed by atoms with Gasteiger partial charge in [0.05, 0.1) is 17.7 Å². The Morgan fingerprint density at radius 1 is 1.13 bits per heavy atom. The number of carbonyl (C=O) groups excluding carboxylic acids is 1. The molecular formula is C28H36N8O2. The van der Waals surface area contributed by atoms with Gasteiger partial charge < -0.3 is 25.5 Å². The largest absolute Gasteiger partial charge is 0.387 e. The van der Waals surface area contributed by atoms with Crippen molar-refractivity contribution in [1.82, 2.24) is 30.2 Å². The van der Waals surface area contributed by atoms with Crippen molar-refractivity contribution < 1.29 is 9.90 Å². The number of fused-ring (bicyclic) bond motifs is 2. The molecule has 0 spiro atoms. The average Bonchev–Trinajstić information content (AvgIpc) is 2.97. The molecule has 0 aromatic carbocycles. The summed E-state index contributed by atoms with van der Waals surface area (Å²) >= 11 is 0. The highest BCUT2D eigenvalue weighted by molar-refractivity contribution is 5.89. The summed E-state index contributed by atoms with van der Waals surface area (Å²) in [5.74, 6) is 2.30. The van der Waals surface area contributed by atoms with Gasteiger partial charge in [0.25, 0.3) is 0 Å². The molecule has 10 nitrogen and oxygen atoms in total. The number of hydrogen-bond donors (Lipinski definition) is 3. The van der Waals surface area contributed by atoms with Gasteiger partial charge >= 0.3 is 0 Å². The quantitative estimate of drug-likeness (QED) is 0.470. The Balaban J connectivity index is 1.22. The number of nitrogens with zero attached hydrogens (tertiary/aromatic N) is 6. The van der Waals surface area contributed by atoms with Gasteiger partial charge in [0.15, 0.2) is 5.82 Å². The van der Waals surface area contributed by atoms with Crippen molar-refractivity contribution >= 4 is 34.4 Å². The first-order valence-corrected chi connectivity index (χ1v) is 13.9. The van der Waals surface area contributed by atoms with Crippen molar-refractivity contribution in [3.8, 4) is 0 Å². The SMILES string of the molecule is CC(O)c1cc2cnc(Nc3ccc4c(n3)CCN(C(=O)[C@@H]3CCCNC3)C4)nc2c(N2CCCCC2)n1. The van der Waals surface area contributed by atoms with Gasteiger partial charge in [-0.25, -0.2) is 19.9 Å². The van der Waals surface area contributed by atoms with Gasteiger partial charge in [0, 0.05) is 56.4 Å². The van der Waals surface area contributed by atoms with Crippen LogP contribution in [0.1, 0.15) is 62.1 Å². The normalized spacial score (nSPS) is 20.7. The molecule has 0 bridgehead atoms. The molecule has 6 heterocycles. The third-order valence-electron chi connectivity index (χ3n) is 7.90. The van der Waals surface area contributed by atoms with Crippen molar-refractivity contribution in [1.29, 1.82) is 0 Å². The van der Waals surface area contributed by atoms with Crippen molar-refractivity contribution in [3.05, 3.63) is 41.3 Å². The molecule has 0 radical (unpaired) electrons. The van der Waals surface area contributed by atoms with Gasteiger partial charge in [-0.1, -0.05) is 6.07 Å². The lowest BCUT2D eigenvalue weighted by molar-refractivity contribution is -0.137. The average molecular weight is 517 g/mol. The van der Waals surface area contributed by atoms with E-state index in [1.807, 2.05) is 17.0 Å². The van der Waals surface area contributed by atoms with E-state index in [2.05, 4.69) is 26.6 Å². The van der Waals surface area contributed by atoms with Crippen LogP contribution in [0.2, 0.25) is 0 Å². The van der Waals surface area contributed by atoms with E-state index in [0.717, 1.165) is 86.3 Å². The molecule has 3 N–H and O–H groups in total. The first-order chi connectivity index (χ1) is 18.5. The smallest absolute Gasteiger partial charge is 0.229 e. The summed E-state index contributed by atoms with van der Waals surface area (Å²) in [6.45, 7) is 6.69. The number of aliphatic hydroxyl groups is 1. The number of nitrogens with one attached hydrogen (secondary N) is 2. The minimum absolute atomic E-state index is 0.0882. The van der Waals surface area contributed by atoms with Crippen LogP contribution < -0.4 is 15.5 Å². The van der Waals surface area contributed by atoms with Gasteiger partial charge in [-0.2, -0.15) is 0 Å². The summed E-state index contributed by atoms with van der Waals surface area (Å²) in [6, 6.07) is 5.85. The number of aliphatic hydroxyl groups excluding tert-OH is 1. The minimum Gasteiger partial charge on any atom is -0.387 e. The van der Waals surface area contributed by atoms with Crippen LogP contribution in [0.25, 0.3) is 10.9 Å². The van der Waals surface area contributed by atoms with Crippen LogP contribution in [0.3, 0.4) is 0 Å². The van der Waals surface area contributed by atoms with E-state index in [9.17, 15) is 9.90 Å². The van der Waals surface area contributed by atoms with Gasteiger partial charge in [-0.3, -0.25) is 4.79 Å². The molecular weight excluding hydrogens is 480 g/mol. The predicted octanol–water partition coefficient (Wildman–Crippen LogP) is 3.09. The van der Waals surface area contributed by atoms with Crippen LogP contribution in [0, 0.1) is 5.92 Å². The van der Waals surface area contributed by atoms with Crippen LogP contribution >= 0.6 is 0 Å². The molecule has 38 heavy (non-hydrogen) atoms. The number of hydrogen-bond acceptors (Lipinski definition) is 9. The summed E-state index contributed by atoms with van der Waals surface area (Å²) < 4.78 is 0. The molecule has 3 aromatic rings. The molecule has 6 rings (SSSR count). The number of pyridine rings is 2. The molecule has 2 atom stereocenters. The summed E-state index contributed by atoms with van der Waals surface area (Å²) in [5, 5.41) is 17.7. The summed E-state index contributed by atoms with van der Waals surface area (Å²) in [5.41, 5.74) is 3.52. The van der Waals surface area contributed by atoms with Crippen molar-refractivity contribution in [2.75, 3.05) is 42.9 Å². The first-order valence-electron chi connectivity index (χ1n) is 13.9. The fraction of sp³-hybridized carbons (Fsp3) is 0.536. The number of amides is 1. The minimum atomic E-state index is -0.661. The molecule has 3 aliphatic heterocycles. The maximum absolute atomic E-state index is 13.0. The zero-order valence-corrected chi connectivity index (χ0v) is 22.0. The van der Waals surface area contributed by atoms with Gasteiger partial charge in [0.2, 0.25) is 11.9 Å². The lowest BCUT2D eigenvalue weighted by Gasteiger charge is -2.33. The molecule has 3 aromatic heterocycles. The van der Waals surface area contributed by atoms with Crippen molar-refractivity contribution in [2.24, 2.45) is 5.92 Å². The summed E-state index contributed by atoms with van der Waals surface area (Å²) in [7, 11) is 0. The van der Waals surface area contributed by atoms with E-state index in [1.165, 1.54) is 6.42 Å². The van der Waals surface area contributed by atoms with Crippen LogP contribution in [0.5, 0.6) is 0 Å². The van der Waals surface area contributed by atoms with Crippen LogP contribution in [0.4, 0.5) is 17.6 Å². The van der Waals surface area contributed by atoms with E-state index < -0.39 is 6.10 Å². The molecule has 1 unspecified atom stereocenters. The van der Waals surface area contributed by atoms with Crippen molar-refractivity contribution in [2.45, 2.75) is 58.1 Å². The molecule has 2 fully saturated rings. The molecule has 3 aliphatic rings. The lowest BCUT2D eigenvalue weighted by atomic mass is 9.96. The highest BCUT2D eigenvalue weighted by Gasteiger charge is 2.29. The Bertz CT molecular complexity index is 1320. The summed E-state index contributed by atoms with van der Waals surface area (Å²) in [4.78, 5) is 36.3. The first kappa shape index (κ1) is 24.9. The van der Waals surface area contributed by atoms with Gasteiger partial charge in [-0.05, 0) is 63.3 Å². The van der Waals surface area contributed by atoms with E-state index >= 15 is 0 Å². The monoisotopic (exact) mass is 516 g/mol. The second-order valence-electron chi connectivity index (χ2n) is 10.7. The second-order valence-corrected chi connectivity index (χ2v) is 10.7. The number of piperidine rings is 2. The highest BCUT2D eigenvalue weighted by Crippen LogP contribution is 2.30. The zero-order valence-electron chi connectivity index (χ0n) is 22.0. The molecule has 0 aliphatic carbocycles. The Morgan fingerprint density at radius 2 is 2.00 bits per heavy atom. The fourth-order valence-electron chi connectivity index (χ4n) is 5.75. The van der Waals surface area contributed by atoms with E-state index in [-0.39, 0.29) is 11.8 Å². The van der Waals surface area contributed by atoms with E-state index in [1.54, 1.807) is 13.1 Å². The van der Waals surface area contributed by atoms with E-state index in [0.29, 0.717) is 30.5 Å². The maximum atomic E-state index is 13.0. The van der Waals surface area contributed by atoms with E-state index in [4.69, 9.17) is 15.0 Å². The zero-order chi connectivity index (χ0) is 26.1. The molecule has 1 amide bonds. The standard InChI is InChI=1S/C28H36N8O2/c1-18(37)23-14-21-16-30-28(34-25(21)26(32-23)35-11-3-2-4-12-35)33-24-8-7-20-17-36(13-9-22(20)31-24)27(38)19-6-5-10-29-15-19/h7-8,14,16,18-19,29,37H,2-6,9-13,15,17H2,1H3,(H,30,31,33,34)/t18?,19-/m1/s1. The summed E-state index contributed by atoms with van der Waals surface area (Å²) in [6.07, 6.45) is 7.36. The molecule has 10 heteroatoms. The third-order valence-corrected chi connectivity index (χ3v) is 7.90. The van der Waals surface area contributed by atoms with Gasteiger partial charge in [-0.15, -0.1) is 0 Å². The Kier molecular flexibility index (Phi) is 7.08. The molecule has 200 valence electrons. The Labute approximate surface area is 222 Å². The number of carbonyl (C=O) groups is 1. The Morgan fingerprint density at radius 3 is 2.79 bits per heavy atom. The topological polar surface area (TPSA) is 119 Å². The third kappa shape index (κ3) is 5.15. The van der Waals surface area contributed by atoms with Crippen LogP contribution in [0.15, 0.2) is 24.4 Å². The van der Waals surface area contributed by atoms with Crippen LogP contribution in [-0.4, -0.2) is 68.6 Å². The molecule has 0 saturated carbocycles. The number of aromatic nitrogens is 4. The highest BCUT2D eigenvalue weighted by atomic mass is 16.3. The predicted molar refractivity (Wildman–Crippen MR) is 146 cm³/mol.